The molecule has 1 aromatic heterocycles. The van der Waals surface area contributed by atoms with Crippen molar-refractivity contribution in [2.24, 2.45) is 0 Å². The minimum atomic E-state index is -4.90. The van der Waals surface area contributed by atoms with Crippen LogP contribution in [0.15, 0.2) is 53.1 Å². The molecule has 1 fully saturated rings. The van der Waals surface area contributed by atoms with E-state index in [1.807, 2.05) is 0 Å². The minimum absolute atomic E-state index is 0.121. The summed E-state index contributed by atoms with van der Waals surface area (Å²) in [5.74, 6) is -2.38. The fourth-order valence-electron chi connectivity index (χ4n) is 4.61. The number of carbonyl (C=O) groups excluding carboxylic acids is 1. The van der Waals surface area contributed by atoms with E-state index in [2.05, 4.69) is 20.5 Å². The highest BCUT2D eigenvalue weighted by atomic mass is 19.3. The van der Waals surface area contributed by atoms with E-state index in [-0.39, 0.29) is 29.3 Å². The van der Waals surface area contributed by atoms with Gasteiger partial charge in [-0.15, -0.1) is 0 Å². The summed E-state index contributed by atoms with van der Waals surface area (Å²) >= 11 is 0. The summed E-state index contributed by atoms with van der Waals surface area (Å²) < 4.78 is 91.2. The average molecular weight is 541 g/mol. The second-order valence-electron chi connectivity index (χ2n) is 9.24. The van der Waals surface area contributed by atoms with Crippen molar-refractivity contribution in [2.75, 3.05) is 0 Å². The van der Waals surface area contributed by atoms with E-state index in [9.17, 15) is 31.1 Å². The van der Waals surface area contributed by atoms with Gasteiger partial charge in [-0.2, -0.15) is 17.6 Å². The Morgan fingerprint density at radius 3 is 2.34 bits per heavy atom. The van der Waals surface area contributed by atoms with Crippen molar-refractivity contribution < 1.29 is 40.4 Å². The second-order valence-corrected chi connectivity index (χ2v) is 9.24. The molecule has 6 nitrogen and oxygen atoms in total. The summed E-state index contributed by atoms with van der Waals surface area (Å²) in [7, 11) is 0. The molecule has 0 aliphatic heterocycles. The molecule has 1 aliphatic carbocycles. The Labute approximate surface area is 214 Å². The number of urea groups is 1. The Kier molecular flexibility index (Phi) is 7.89. The molecule has 3 aromatic rings. The summed E-state index contributed by atoms with van der Waals surface area (Å²) in [5, 5.41) is 9.46. The zero-order valence-corrected chi connectivity index (χ0v) is 20.2. The van der Waals surface area contributed by atoms with Gasteiger partial charge in [-0.3, -0.25) is 0 Å². The highest BCUT2D eigenvalue weighted by molar-refractivity contribution is 5.76. The van der Waals surface area contributed by atoms with Crippen LogP contribution in [0.2, 0.25) is 0 Å². The zero-order valence-electron chi connectivity index (χ0n) is 20.2. The molecule has 0 saturated heterocycles. The van der Waals surface area contributed by atoms with Crippen LogP contribution in [0.3, 0.4) is 0 Å². The molecule has 0 spiro atoms. The number of rotatable bonds is 9. The number of aryl methyl sites for hydroxylation is 1. The van der Waals surface area contributed by atoms with Crippen LogP contribution >= 0.6 is 0 Å². The van der Waals surface area contributed by atoms with Crippen molar-refractivity contribution in [3.63, 3.8) is 0 Å². The van der Waals surface area contributed by atoms with Gasteiger partial charge < -0.3 is 19.9 Å². The van der Waals surface area contributed by atoms with E-state index in [0.29, 0.717) is 11.8 Å². The number of alkyl halides is 4. The molecule has 4 rings (SSSR count). The van der Waals surface area contributed by atoms with Gasteiger partial charge in [0, 0.05) is 24.6 Å². The lowest BCUT2D eigenvalue weighted by molar-refractivity contribution is -0.253. The van der Waals surface area contributed by atoms with Crippen LogP contribution in [0.5, 0.6) is 5.75 Å². The normalized spacial score (nSPS) is 15.9. The first kappa shape index (κ1) is 27.3. The van der Waals surface area contributed by atoms with Gasteiger partial charge >= 0.3 is 18.6 Å². The Hall–Kier alpha value is -3.70. The van der Waals surface area contributed by atoms with E-state index in [0.717, 1.165) is 49.9 Å². The number of hydrogen-bond acceptors (Lipinski definition) is 4. The fourth-order valence-corrected chi connectivity index (χ4v) is 4.61. The molecule has 0 radical (unpaired) electrons. The summed E-state index contributed by atoms with van der Waals surface area (Å²) in [6.45, 7) is 1.65. The number of benzene rings is 2. The Bertz CT molecular complexity index is 1260. The predicted octanol–water partition coefficient (Wildman–Crippen LogP) is 6.23. The number of hydrogen-bond donors (Lipinski definition) is 2. The van der Waals surface area contributed by atoms with Crippen molar-refractivity contribution in [3.8, 4) is 5.75 Å². The quantitative estimate of drug-likeness (QED) is 0.315. The molecule has 2 amide bonds. The van der Waals surface area contributed by atoms with Gasteiger partial charge in [-0.05, 0) is 55.2 Å². The molecule has 1 atom stereocenters. The van der Waals surface area contributed by atoms with Gasteiger partial charge in [0.1, 0.15) is 23.1 Å². The molecule has 1 aliphatic rings. The largest absolute Gasteiger partial charge is 0.461 e. The fraction of sp³-hybridized carbons (Fsp3) is 0.385. The third kappa shape index (κ3) is 6.22. The van der Waals surface area contributed by atoms with Crippen LogP contribution in [0.4, 0.5) is 31.1 Å². The Morgan fingerprint density at radius 2 is 1.74 bits per heavy atom. The van der Waals surface area contributed by atoms with E-state index >= 15 is 0 Å². The molecule has 2 N–H and O–H groups in total. The third-order valence-corrected chi connectivity index (χ3v) is 6.34. The smallest absolute Gasteiger partial charge is 0.428 e. The Balaban J connectivity index is 1.86. The summed E-state index contributed by atoms with van der Waals surface area (Å²) in [6, 6.07) is 8.01. The van der Waals surface area contributed by atoms with Crippen molar-refractivity contribution in [1.29, 1.82) is 0 Å². The average Bonchev–Trinajstić information content (AvgIpc) is 3.49. The molecular weight excluding hydrogens is 516 g/mol. The first-order valence-electron chi connectivity index (χ1n) is 11.9. The number of nitrogens with zero attached hydrogens (tertiary/aromatic N) is 1. The predicted molar refractivity (Wildman–Crippen MR) is 124 cm³/mol. The van der Waals surface area contributed by atoms with E-state index in [4.69, 9.17) is 4.52 Å². The minimum Gasteiger partial charge on any atom is -0.428 e. The first-order chi connectivity index (χ1) is 18.0. The van der Waals surface area contributed by atoms with Crippen molar-refractivity contribution in [1.82, 2.24) is 15.8 Å². The van der Waals surface area contributed by atoms with Gasteiger partial charge in [-0.25, -0.2) is 13.6 Å². The molecule has 1 saturated carbocycles. The number of halogens is 6. The van der Waals surface area contributed by atoms with Crippen LogP contribution in [0.1, 0.15) is 48.3 Å². The van der Waals surface area contributed by atoms with E-state index < -0.39 is 41.5 Å². The zero-order chi connectivity index (χ0) is 27.5. The summed E-state index contributed by atoms with van der Waals surface area (Å²) in [4.78, 5) is 13.2. The first-order valence-corrected chi connectivity index (χ1v) is 11.9. The maximum atomic E-state index is 14.8. The van der Waals surface area contributed by atoms with Crippen molar-refractivity contribution in [2.45, 2.75) is 63.1 Å². The standard InChI is InChI=1S/C26H25F6N3O3/c1-15-10-22(38-35-15)14-25(16-6-8-18(27)9-7-16,34-24(36)33-20-4-2-3-5-20)17-11-19(28)13-21(12-17)37-26(31,32)23(29)30/h6-13,20,23H,2-5,14H2,1H3,(H2,33,34,36). The monoisotopic (exact) mass is 541 g/mol. The van der Waals surface area contributed by atoms with Gasteiger partial charge in [0.25, 0.3) is 0 Å². The molecule has 38 heavy (non-hydrogen) atoms. The molecule has 204 valence electrons. The number of carbonyl (C=O) groups is 1. The van der Waals surface area contributed by atoms with Crippen LogP contribution < -0.4 is 15.4 Å². The number of amides is 2. The third-order valence-electron chi connectivity index (χ3n) is 6.34. The maximum absolute atomic E-state index is 14.8. The van der Waals surface area contributed by atoms with Crippen molar-refractivity contribution >= 4 is 6.03 Å². The molecular formula is C26H25F6N3O3. The lowest BCUT2D eigenvalue weighted by Crippen LogP contribution is -2.53. The SMILES string of the molecule is Cc1cc(CC(NC(=O)NC2CCCC2)(c2ccc(F)cc2)c2cc(F)cc(OC(F)(F)C(F)F)c2)on1. The Morgan fingerprint density at radius 1 is 1.05 bits per heavy atom. The second kappa shape index (κ2) is 11.0. The van der Waals surface area contributed by atoms with Gasteiger partial charge in [0.05, 0.1) is 11.2 Å². The molecule has 12 heteroatoms. The summed E-state index contributed by atoms with van der Waals surface area (Å²) in [6.07, 6.45) is -5.95. The van der Waals surface area contributed by atoms with E-state index in [1.165, 1.54) is 12.1 Å². The number of ether oxygens (including phenoxy) is 1. The van der Waals surface area contributed by atoms with Crippen LogP contribution in [0, 0.1) is 18.6 Å². The van der Waals surface area contributed by atoms with E-state index in [1.54, 1.807) is 13.0 Å². The molecule has 0 bridgehead atoms. The number of aromatic nitrogens is 1. The lowest BCUT2D eigenvalue weighted by Gasteiger charge is -2.36. The van der Waals surface area contributed by atoms with Gasteiger partial charge in [0.2, 0.25) is 0 Å². The van der Waals surface area contributed by atoms with Crippen LogP contribution in [-0.2, 0) is 12.0 Å². The van der Waals surface area contributed by atoms with Gasteiger partial charge in [0.15, 0.2) is 0 Å². The summed E-state index contributed by atoms with van der Waals surface area (Å²) in [5.41, 5.74) is -1.17. The lowest BCUT2D eigenvalue weighted by atomic mass is 9.79. The van der Waals surface area contributed by atoms with Crippen LogP contribution in [-0.4, -0.2) is 29.8 Å². The highest BCUT2D eigenvalue weighted by Crippen LogP contribution is 2.38. The number of nitrogens with one attached hydrogen (secondary N) is 2. The topological polar surface area (TPSA) is 76.4 Å². The molecule has 1 unspecified atom stereocenters. The maximum Gasteiger partial charge on any atom is 0.461 e. The van der Waals surface area contributed by atoms with Crippen LogP contribution in [0.25, 0.3) is 0 Å². The molecule has 1 heterocycles. The highest BCUT2D eigenvalue weighted by Gasteiger charge is 2.45. The molecule has 2 aromatic carbocycles. The van der Waals surface area contributed by atoms with Gasteiger partial charge in [-0.1, -0.05) is 30.1 Å². The van der Waals surface area contributed by atoms with Crippen molar-refractivity contribution in [3.05, 3.63) is 82.7 Å².